The van der Waals surface area contributed by atoms with Crippen molar-refractivity contribution in [2.24, 2.45) is 0 Å². The number of imidazole rings is 1. The van der Waals surface area contributed by atoms with E-state index < -0.39 is 0 Å². The van der Waals surface area contributed by atoms with Gasteiger partial charge < -0.3 is 17.0 Å². The zero-order valence-corrected chi connectivity index (χ0v) is 14.1. The normalized spacial score (nSPS) is 10.4. The molecule has 0 saturated heterocycles. The van der Waals surface area contributed by atoms with Crippen molar-refractivity contribution >= 4 is 11.6 Å². The van der Waals surface area contributed by atoms with Gasteiger partial charge >= 0.3 is 0 Å². The molecule has 0 aliphatic heterocycles. The van der Waals surface area contributed by atoms with Gasteiger partial charge in [0.15, 0.2) is 0 Å². The summed E-state index contributed by atoms with van der Waals surface area (Å²) in [6.07, 6.45) is 6.33. The Labute approximate surface area is 135 Å². The molecule has 2 aromatic rings. The first kappa shape index (κ1) is 17.2. The fraction of sp³-hybridized carbons (Fsp3) is 0.400. The first-order valence-corrected chi connectivity index (χ1v) is 6.99. The number of aromatic nitrogens is 2. The van der Waals surface area contributed by atoms with Crippen LogP contribution >= 0.6 is 11.6 Å². The van der Waals surface area contributed by atoms with E-state index in [2.05, 4.69) is 11.5 Å². The molecule has 0 spiro atoms. The molecule has 0 aliphatic rings. The molecule has 1 heterocycles. The van der Waals surface area contributed by atoms with Crippen molar-refractivity contribution in [3.05, 3.63) is 52.8 Å². The SMILES string of the molecule is CCCCn1cc[n+](Cc2c(F)cccc2Cl)c1C.[Br-]. The molecule has 1 aromatic heterocycles. The topological polar surface area (TPSA) is 8.81 Å². The summed E-state index contributed by atoms with van der Waals surface area (Å²) in [5.41, 5.74) is 0.547. The molecule has 0 fully saturated rings. The summed E-state index contributed by atoms with van der Waals surface area (Å²) < 4.78 is 18.0. The first-order chi connectivity index (χ1) is 9.13. The van der Waals surface area contributed by atoms with Crippen molar-refractivity contribution in [1.82, 2.24) is 4.57 Å². The lowest BCUT2D eigenvalue weighted by atomic mass is 10.2. The van der Waals surface area contributed by atoms with Crippen LogP contribution in [0.25, 0.3) is 0 Å². The summed E-state index contributed by atoms with van der Waals surface area (Å²) in [5, 5.41) is 0.480. The number of nitrogens with zero attached hydrogens (tertiary/aromatic N) is 2. The molecule has 0 amide bonds. The van der Waals surface area contributed by atoms with E-state index in [-0.39, 0.29) is 22.8 Å². The van der Waals surface area contributed by atoms with Crippen LogP contribution in [0.1, 0.15) is 31.2 Å². The minimum atomic E-state index is -0.249. The largest absolute Gasteiger partial charge is 1.00 e. The summed E-state index contributed by atoms with van der Waals surface area (Å²) in [6.45, 7) is 5.69. The number of rotatable bonds is 5. The van der Waals surface area contributed by atoms with Crippen molar-refractivity contribution in [1.29, 1.82) is 0 Å². The van der Waals surface area contributed by atoms with Gasteiger partial charge in [0.05, 0.1) is 11.6 Å². The number of halogens is 3. The van der Waals surface area contributed by atoms with E-state index in [0.717, 1.165) is 25.2 Å². The summed E-state index contributed by atoms with van der Waals surface area (Å²) in [6, 6.07) is 4.81. The molecule has 5 heteroatoms. The molecule has 0 aliphatic carbocycles. The lowest BCUT2D eigenvalue weighted by molar-refractivity contribution is -0.694. The summed E-state index contributed by atoms with van der Waals surface area (Å²) >= 11 is 6.06. The van der Waals surface area contributed by atoms with E-state index in [9.17, 15) is 4.39 Å². The van der Waals surface area contributed by atoms with Crippen molar-refractivity contribution in [3.8, 4) is 0 Å². The van der Waals surface area contributed by atoms with Crippen molar-refractivity contribution in [3.63, 3.8) is 0 Å². The van der Waals surface area contributed by atoms with Crippen LogP contribution in [-0.4, -0.2) is 4.57 Å². The molecule has 0 unspecified atom stereocenters. The van der Waals surface area contributed by atoms with Gasteiger partial charge in [0.1, 0.15) is 24.8 Å². The minimum Gasteiger partial charge on any atom is -1.00 e. The molecule has 2 nitrogen and oxygen atoms in total. The Morgan fingerprint density at radius 2 is 2.10 bits per heavy atom. The molecule has 110 valence electrons. The lowest BCUT2D eigenvalue weighted by Crippen LogP contribution is -3.00. The van der Waals surface area contributed by atoms with Crippen LogP contribution in [0, 0.1) is 12.7 Å². The van der Waals surface area contributed by atoms with Crippen LogP contribution in [0.15, 0.2) is 30.6 Å². The summed E-state index contributed by atoms with van der Waals surface area (Å²) in [5.74, 6) is 0.869. The molecule has 0 radical (unpaired) electrons. The van der Waals surface area contributed by atoms with Crippen LogP contribution < -0.4 is 21.5 Å². The van der Waals surface area contributed by atoms with Crippen molar-refractivity contribution in [2.45, 2.75) is 39.8 Å². The van der Waals surface area contributed by atoms with Gasteiger partial charge in [-0.05, 0) is 18.6 Å². The maximum atomic E-state index is 13.8. The maximum Gasteiger partial charge on any atom is 0.253 e. The molecule has 0 bridgehead atoms. The van der Waals surface area contributed by atoms with Gasteiger partial charge in [-0.25, -0.2) is 13.5 Å². The quantitative estimate of drug-likeness (QED) is 0.694. The molecule has 2 rings (SSSR count). The van der Waals surface area contributed by atoms with Crippen molar-refractivity contribution in [2.75, 3.05) is 0 Å². The molecule has 1 aromatic carbocycles. The Bertz CT molecular complexity index is 549. The predicted molar refractivity (Wildman–Crippen MR) is 74.8 cm³/mol. The summed E-state index contributed by atoms with van der Waals surface area (Å²) in [7, 11) is 0. The first-order valence-electron chi connectivity index (χ1n) is 6.61. The van der Waals surface area contributed by atoms with E-state index in [1.807, 2.05) is 23.9 Å². The van der Waals surface area contributed by atoms with Crippen LogP contribution in [0.2, 0.25) is 5.02 Å². The second-order valence-electron chi connectivity index (χ2n) is 4.72. The van der Waals surface area contributed by atoms with E-state index >= 15 is 0 Å². The van der Waals surface area contributed by atoms with Gasteiger partial charge in [0.2, 0.25) is 0 Å². The highest BCUT2D eigenvalue weighted by atomic mass is 79.9. The number of aryl methyl sites for hydroxylation is 1. The smallest absolute Gasteiger partial charge is 0.253 e. The highest BCUT2D eigenvalue weighted by Crippen LogP contribution is 2.18. The molecule has 0 atom stereocenters. The van der Waals surface area contributed by atoms with Gasteiger partial charge in [-0.3, -0.25) is 0 Å². The van der Waals surface area contributed by atoms with E-state index in [1.165, 1.54) is 6.07 Å². The average Bonchev–Trinajstić information content (AvgIpc) is 2.73. The molecule has 20 heavy (non-hydrogen) atoms. The maximum absolute atomic E-state index is 13.8. The van der Waals surface area contributed by atoms with Gasteiger partial charge in [0, 0.05) is 12.5 Å². The fourth-order valence-electron chi connectivity index (χ4n) is 2.13. The molecular formula is C15H19BrClFN2. The van der Waals surface area contributed by atoms with E-state index in [1.54, 1.807) is 12.1 Å². The monoisotopic (exact) mass is 360 g/mol. The Balaban J connectivity index is 0.00000200. The number of hydrogen-bond acceptors (Lipinski definition) is 0. The Morgan fingerprint density at radius 1 is 1.35 bits per heavy atom. The zero-order valence-electron chi connectivity index (χ0n) is 11.7. The fourth-order valence-corrected chi connectivity index (χ4v) is 2.35. The highest BCUT2D eigenvalue weighted by Gasteiger charge is 2.15. The van der Waals surface area contributed by atoms with Crippen molar-refractivity contribution < 1.29 is 25.9 Å². The van der Waals surface area contributed by atoms with Gasteiger partial charge in [-0.15, -0.1) is 0 Å². The molecule has 0 N–H and O–H groups in total. The second-order valence-corrected chi connectivity index (χ2v) is 5.13. The third-order valence-corrected chi connectivity index (χ3v) is 3.75. The molecular weight excluding hydrogens is 343 g/mol. The zero-order chi connectivity index (χ0) is 13.8. The Kier molecular flexibility index (Phi) is 6.69. The Morgan fingerprint density at radius 3 is 2.75 bits per heavy atom. The highest BCUT2D eigenvalue weighted by molar-refractivity contribution is 6.31. The third kappa shape index (κ3) is 3.83. The average molecular weight is 362 g/mol. The lowest BCUT2D eigenvalue weighted by Gasteiger charge is -2.05. The van der Waals surface area contributed by atoms with E-state index in [4.69, 9.17) is 11.6 Å². The van der Waals surface area contributed by atoms with Crippen LogP contribution in [0.3, 0.4) is 0 Å². The van der Waals surface area contributed by atoms with E-state index in [0.29, 0.717) is 17.1 Å². The standard InChI is InChI=1S/C15H19ClFN2.BrH/c1-3-4-8-18-9-10-19(12(18)2)11-13-14(16)6-5-7-15(13)17;/h5-7,9-10H,3-4,8,11H2,1-2H3;1H/q+1;/p-1. The number of unbranched alkanes of at least 4 members (excludes halogenated alkanes) is 1. The van der Waals surface area contributed by atoms with Crippen LogP contribution in [0.4, 0.5) is 4.39 Å². The van der Waals surface area contributed by atoms with Gasteiger partial charge in [-0.2, -0.15) is 0 Å². The van der Waals surface area contributed by atoms with Gasteiger partial charge in [0.25, 0.3) is 5.82 Å². The summed E-state index contributed by atoms with van der Waals surface area (Å²) in [4.78, 5) is 0. The predicted octanol–water partition coefficient (Wildman–Crippen LogP) is 0.729. The van der Waals surface area contributed by atoms with Crippen LogP contribution in [0.5, 0.6) is 0 Å². The third-order valence-electron chi connectivity index (χ3n) is 3.40. The van der Waals surface area contributed by atoms with Crippen LogP contribution in [-0.2, 0) is 13.1 Å². The minimum absolute atomic E-state index is 0. The number of hydrogen-bond donors (Lipinski definition) is 0. The second kappa shape index (κ2) is 7.79. The molecule has 0 saturated carbocycles. The Hall–Kier alpha value is -0.870. The number of benzene rings is 1. The van der Waals surface area contributed by atoms with Gasteiger partial charge in [-0.1, -0.05) is 31.0 Å².